The van der Waals surface area contributed by atoms with Crippen LogP contribution < -0.4 is 0 Å². The van der Waals surface area contributed by atoms with E-state index in [4.69, 9.17) is 5.11 Å². The van der Waals surface area contributed by atoms with Crippen molar-refractivity contribution in [3.05, 3.63) is 35.3 Å². The van der Waals surface area contributed by atoms with Crippen molar-refractivity contribution >= 4 is 11.6 Å². The molecule has 5 nitrogen and oxygen atoms in total. The lowest BCUT2D eigenvalue weighted by atomic mass is 10.1. The predicted octanol–water partition coefficient (Wildman–Crippen LogP) is 1.94. The third kappa shape index (κ3) is 2.39. The zero-order valence-corrected chi connectivity index (χ0v) is 9.64. The van der Waals surface area contributed by atoms with Crippen LogP contribution in [0.4, 0.5) is 13.2 Å². The van der Waals surface area contributed by atoms with E-state index in [2.05, 4.69) is 4.98 Å². The lowest BCUT2D eigenvalue weighted by Crippen LogP contribution is -2.21. The average Bonchev–Trinajstić information content (AvgIpc) is 2.65. The first-order chi connectivity index (χ1) is 8.70. The Hall–Kier alpha value is -2.09. The molecule has 2 aromatic heterocycles. The molecule has 2 N–H and O–H groups in total. The maximum atomic E-state index is 12.6. The Labute approximate surface area is 104 Å². The molecule has 0 aliphatic rings. The number of imidazole rings is 1. The zero-order chi connectivity index (χ0) is 14.4. The number of aromatic carboxylic acids is 1. The number of nitrogens with zero attached hydrogens (tertiary/aromatic N) is 2. The van der Waals surface area contributed by atoms with Crippen LogP contribution >= 0.6 is 0 Å². The highest BCUT2D eigenvalue weighted by Crippen LogP contribution is 2.34. The second-order valence-corrected chi connectivity index (χ2v) is 4.05. The van der Waals surface area contributed by atoms with E-state index in [0.29, 0.717) is 5.69 Å². The van der Waals surface area contributed by atoms with Crippen molar-refractivity contribution in [1.29, 1.82) is 0 Å². The summed E-state index contributed by atoms with van der Waals surface area (Å²) in [5, 5.41) is 18.2. The standard InChI is InChI=1S/C11H9F3N2O3/c1-5-3-16-4-6(10(18)19)2-7(9(16)15-5)8(17)11(12,13)14/h2-4,8,17H,1H3,(H,18,19). The van der Waals surface area contributed by atoms with Gasteiger partial charge in [-0.3, -0.25) is 0 Å². The maximum Gasteiger partial charge on any atom is 0.418 e. The van der Waals surface area contributed by atoms with E-state index in [0.717, 1.165) is 16.7 Å². The van der Waals surface area contributed by atoms with Crippen molar-refractivity contribution in [2.24, 2.45) is 0 Å². The molecule has 0 fully saturated rings. The summed E-state index contributed by atoms with van der Waals surface area (Å²) < 4.78 is 38.9. The number of hydrogen-bond acceptors (Lipinski definition) is 3. The van der Waals surface area contributed by atoms with Crippen LogP contribution in [0.25, 0.3) is 5.65 Å². The van der Waals surface area contributed by atoms with Gasteiger partial charge in [0.15, 0.2) is 6.10 Å². The van der Waals surface area contributed by atoms with Gasteiger partial charge in [0.25, 0.3) is 0 Å². The first-order valence-electron chi connectivity index (χ1n) is 5.17. The molecule has 19 heavy (non-hydrogen) atoms. The smallest absolute Gasteiger partial charge is 0.418 e. The number of aliphatic hydroxyl groups is 1. The van der Waals surface area contributed by atoms with Crippen molar-refractivity contribution < 1.29 is 28.2 Å². The first kappa shape index (κ1) is 13.3. The number of rotatable bonds is 2. The Balaban J connectivity index is 2.73. The Kier molecular flexibility index (Phi) is 2.97. The topological polar surface area (TPSA) is 74.8 Å². The third-order valence-corrected chi connectivity index (χ3v) is 2.55. The highest BCUT2D eigenvalue weighted by molar-refractivity contribution is 5.88. The molecule has 0 aliphatic carbocycles. The van der Waals surface area contributed by atoms with Crippen LogP contribution in [0.15, 0.2) is 18.5 Å². The SMILES string of the molecule is Cc1cn2cc(C(=O)O)cc(C(O)C(F)(F)F)c2n1. The monoisotopic (exact) mass is 274 g/mol. The second-order valence-electron chi connectivity index (χ2n) is 4.05. The maximum absolute atomic E-state index is 12.6. The number of aryl methyl sites for hydroxylation is 1. The molecule has 102 valence electrons. The number of aromatic nitrogens is 2. The van der Waals surface area contributed by atoms with Gasteiger partial charge in [0.1, 0.15) is 5.65 Å². The van der Waals surface area contributed by atoms with Gasteiger partial charge in [0.05, 0.1) is 11.3 Å². The first-order valence-corrected chi connectivity index (χ1v) is 5.17. The van der Waals surface area contributed by atoms with E-state index in [-0.39, 0.29) is 11.2 Å². The fourth-order valence-corrected chi connectivity index (χ4v) is 1.74. The van der Waals surface area contributed by atoms with Crippen LogP contribution in [-0.4, -0.2) is 31.7 Å². The minimum Gasteiger partial charge on any atom is -0.478 e. The number of halogens is 3. The summed E-state index contributed by atoms with van der Waals surface area (Å²) in [4.78, 5) is 14.7. The molecule has 0 saturated heterocycles. The van der Waals surface area contributed by atoms with Crippen molar-refractivity contribution in [2.45, 2.75) is 19.2 Å². The summed E-state index contributed by atoms with van der Waals surface area (Å²) in [5.74, 6) is -1.39. The second kappa shape index (κ2) is 4.23. The molecule has 2 heterocycles. The van der Waals surface area contributed by atoms with Crippen LogP contribution in [0.3, 0.4) is 0 Å². The van der Waals surface area contributed by atoms with Gasteiger partial charge < -0.3 is 14.6 Å². The summed E-state index contributed by atoms with van der Waals surface area (Å²) in [6, 6.07) is 0.780. The minimum atomic E-state index is -4.89. The highest BCUT2D eigenvalue weighted by Gasteiger charge is 2.41. The fraction of sp³-hybridized carbons (Fsp3) is 0.273. The molecule has 0 spiro atoms. The Morgan fingerprint density at radius 1 is 1.42 bits per heavy atom. The molecule has 0 saturated carbocycles. The number of hydrogen-bond donors (Lipinski definition) is 2. The van der Waals surface area contributed by atoms with Crippen molar-refractivity contribution in [3.8, 4) is 0 Å². The molecule has 0 radical (unpaired) electrons. The van der Waals surface area contributed by atoms with Crippen molar-refractivity contribution in [2.75, 3.05) is 0 Å². The molecule has 0 bridgehead atoms. The van der Waals surface area contributed by atoms with Gasteiger partial charge >= 0.3 is 12.1 Å². The summed E-state index contributed by atoms with van der Waals surface area (Å²) in [5.41, 5.74) is -0.644. The number of fused-ring (bicyclic) bond motifs is 1. The number of carboxylic acids is 1. The van der Waals surface area contributed by atoms with Crippen LogP contribution in [0.2, 0.25) is 0 Å². The number of pyridine rings is 1. The molecule has 1 unspecified atom stereocenters. The number of carboxylic acid groups (broad SMARTS) is 1. The molecular formula is C11H9F3N2O3. The Bertz CT molecular complexity index is 648. The molecule has 0 aromatic carbocycles. The van der Waals surface area contributed by atoms with Gasteiger partial charge in [0, 0.05) is 18.0 Å². The lowest BCUT2D eigenvalue weighted by molar-refractivity contribution is -0.206. The quantitative estimate of drug-likeness (QED) is 0.877. The summed E-state index contributed by atoms with van der Waals surface area (Å²) in [6.07, 6.45) is -5.15. The van der Waals surface area contributed by atoms with E-state index in [1.165, 1.54) is 6.20 Å². The number of alkyl halides is 3. The summed E-state index contributed by atoms with van der Waals surface area (Å²) in [6.45, 7) is 1.55. The Morgan fingerprint density at radius 3 is 2.58 bits per heavy atom. The highest BCUT2D eigenvalue weighted by atomic mass is 19.4. The van der Waals surface area contributed by atoms with Gasteiger partial charge in [-0.25, -0.2) is 9.78 Å². The molecular weight excluding hydrogens is 265 g/mol. The van der Waals surface area contributed by atoms with Crippen molar-refractivity contribution in [3.63, 3.8) is 0 Å². The predicted molar refractivity (Wildman–Crippen MR) is 57.9 cm³/mol. The van der Waals surface area contributed by atoms with E-state index in [9.17, 15) is 23.1 Å². The summed E-state index contributed by atoms with van der Waals surface area (Å²) >= 11 is 0. The largest absolute Gasteiger partial charge is 0.478 e. The van der Waals surface area contributed by atoms with Crippen molar-refractivity contribution in [1.82, 2.24) is 9.38 Å². The molecule has 2 rings (SSSR count). The zero-order valence-electron chi connectivity index (χ0n) is 9.64. The molecule has 0 amide bonds. The fourth-order valence-electron chi connectivity index (χ4n) is 1.74. The van der Waals surface area contributed by atoms with Gasteiger partial charge in [-0.2, -0.15) is 13.2 Å². The van der Waals surface area contributed by atoms with Gasteiger partial charge in [-0.1, -0.05) is 0 Å². The van der Waals surface area contributed by atoms with E-state index in [1.807, 2.05) is 0 Å². The number of carbonyl (C=O) groups is 1. The normalized spacial score (nSPS) is 13.7. The van der Waals surface area contributed by atoms with Gasteiger partial charge in [-0.05, 0) is 13.0 Å². The lowest BCUT2D eigenvalue weighted by Gasteiger charge is -2.16. The van der Waals surface area contributed by atoms with Crippen LogP contribution in [0, 0.1) is 6.92 Å². The summed E-state index contributed by atoms with van der Waals surface area (Å²) in [7, 11) is 0. The van der Waals surface area contributed by atoms with Gasteiger partial charge in [-0.15, -0.1) is 0 Å². The van der Waals surface area contributed by atoms with Gasteiger partial charge in [0.2, 0.25) is 0 Å². The van der Waals surface area contributed by atoms with E-state index in [1.54, 1.807) is 6.92 Å². The van der Waals surface area contributed by atoms with E-state index >= 15 is 0 Å². The molecule has 2 aromatic rings. The minimum absolute atomic E-state index is 0.118. The number of aliphatic hydroxyl groups excluding tert-OH is 1. The van der Waals surface area contributed by atoms with Crippen LogP contribution in [0.1, 0.15) is 27.7 Å². The van der Waals surface area contributed by atoms with Crippen LogP contribution in [0.5, 0.6) is 0 Å². The van der Waals surface area contributed by atoms with E-state index < -0.39 is 23.8 Å². The average molecular weight is 274 g/mol. The molecule has 8 heteroatoms. The third-order valence-electron chi connectivity index (χ3n) is 2.55. The Morgan fingerprint density at radius 2 is 2.05 bits per heavy atom. The van der Waals surface area contributed by atoms with Crippen LogP contribution in [-0.2, 0) is 0 Å². The molecule has 0 aliphatic heterocycles. The molecule has 1 atom stereocenters.